The summed E-state index contributed by atoms with van der Waals surface area (Å²) in [5, 5.41) is 0.824. The van der Waals surface area contributed by atoms with E-state index < -0.39 is 0 Å². The lowest BCUT2D eigenvalue weighted by molar-refractivity contribution is 0.162. The molecule has 0 heterocycles. The molecule has 0 radical (unpaired) electrons. The van der Waals surface area contributed by atoms with Crippen molar-refractivity contribution in [1.82, 2.24) is 4.90 Å². The molecule has 106 valence electrons. The van der Waals surface area contributed by atoms with E-state index in [0.717, 1.165) is 24.7 Å². The van der Waals surface area contributed by atoms with Gasteiger partial charge in [-0.15, -0.1) is 0 Å². The highest BCUT2D eigenvalue weighted by Crippen LogP contribution is 2.30. The second-order valence-electron chi connectivity index (χ2n) is 5.63. The van der Waals surface area contributed by atoms with E-state index in [2.05, 4.69) is 30.9 Å². The molecular weight excluding hydrogens is 256 g/mol. The van der Waals surface area contributed by atoms with E-state index in [-0.39, 0.29) is 0 Å². The third-order valence-electron chi connectivity index (χ3n) is 4.47. The fourth-order valence-corrected chi connectivity index (χ4v) is 3.52. The molecule has 0 amide bonds. The van der Waals surface area contributed by atoms with Crippen molar-refractivity contribution in [3.63, 3.8) is 0 Å². The number of aryl methyl sites for hydroxylation is 1. The second kappa shape index (κ2) is 6.74. The topological polar surface area (TPSA) is 29.3 Å². The van der Waals surface area contributed by atoms with Gasteiger partial charge in [0, 0.05) is 17.6 Å². The first-order chi connectivity index (χ1) is 9.15. The van der Waals surface area contributed by atoms with Crippen molar-refractivity contribution in [3.8, 4) is 0 Å². The minimum atomic E-state index is 0.657. The third-order valence-corrected chi connectivity index (χ3v) is 4.71. The summed E-state index contributed by atoms with van der Waals surface area (Å²) in [6.07, 6.45) is 3.91. The Morgan fingerprint density at radius 2 is 2.16 bits per heavy atom. The Morgan fingerprint density at radius 1 is 1.37 bits per heavy atom. The lowest BCUT2D eigenvalue weighted by Gasteiger charge is -2.32. The van der Waals surface area contributed by atoms with Crippen molar-refractivity contribution in [1.29, 1.82) is 0 Å². The molecule has 3 heteroatoms. The van der Waals surface area contributed by atoms with Crippen LogP contribution in [0, 0.1) is 12.8 Å². The molecule has 2 N–H and O–H groups in total. The standard InChI is InChI=1S/C16H25ClN2/c1-3-19(16-6-4-5-13(16)10-18)11-14-7-8-15(17)9-12(14)2/h7-9,13,16H,3-6,10-11,18H2,1-2H3. The maximum Gasteiger partial charge on any atom is 0.0408 e. The van der Waals surface area contributed by atoms with Gasteiger partial charge in [-0.25, -0.2) is 0 Å². The highest BCUT2D eigenvalue weighted by molar-refractivity contribution is 6.30. The summed E-state index contributed by atoms with van der Waals surface area (Å²) in [6.45, 7) is 7.31. The second-order valence-corrected chi connectivity index (χ2v) is 6.06. The molecular formula is C16H25ClN2. The Kier molecular flexibility index (Phi) is 5.26. The van der Waals surface area contributed by atoms with Crippen LogP contribution in [-0.2, 0) is 6.54 Å². The van der Waals surface area contributed by atoms with E-state index in [0.29, 0.717) is 12.0 Å². The van der Waals surface area contributed by atoms with E-state index in [4.69, 9.17) is 17.3 Å². The van der Waals surface area contributed by atoms with Gasteiger partial charge in [0.05, 0.1) is 0 Å². The predicted molar refractivity (Wildman–Crippen MR) is 82.5 cm³/mol. The van der Waals surface area contributed by atoms with Crippen LogP contribution in [0.4, 0.5) is 0 Å². The minimum absolute atomic E-state index is 0.657. The summed E-state index contributed by atoms with van der Waals surface area (Å²) in [4.78, 5) is 2.58. The molecule has 2 unspecified atom stereocenters. The van der Waals surface area contributed by atoms with E-state index in [1.807, 2.05) is 6.07 Å². The zero-order valence-electron chi connectivity index (χ0n) is 12.0. The van der Waals surface area contributed by atoms with Gasteiger partial charge < -0.3 is 5.73 Å². The van der Waals surface area contributed by atoms with Gasteiger partial charge >= 0.3 is 0 Å². The van der Waals surface area contributed by atoms with Crippen molar-refractivity contribution in [2.75, 3.05) is 13.1 Å². The van der Waals surface area contributed by atoms with Gasteiger partial charge in [0.2, 0.25) is 0 Å². The smallest absolute Gasteiger partial charge is 0.0408 e. The lowest BCUT2D eigenvalue weighted by Crippen LogP contribution is -2.39. The van der Waals surface area contributed by atoms with Crippen LogP contribution in [0.5, 0.6) is 0 Å². The van der Waals surface area contributed by atoms with Crippen LogP contribution < -0.4 is 5.73 Å². The van der Waals surface area contributed by atoms with E-state index in [1.165, 1.54) is 30.4 Å². The van der Waals surface area contributed by atoms with Gasteiger partial charge in [-0.2, -0.15) is 0 Å². The largest absolute Gasteiger partial charge is 0.330 e. The molecule has 1 aliphatic carbocycles. The highest BCUT2D eigenvalue weighted by atomic mass is 35.5. The van der Waals surface area contributed by atoms with Gasteiger partial charge in [0.15, 0.2) is 0 Å². The lowest BCUT2D eigenvalue weighted by atomic mass is 10.0. The predicted octanol–water partition coefficient (Wildman–Crippen LogP) is 3.60. The molecule has 0 bridgehead atoms. The van der Waals surface area contributed by atoms with Gasteiger partial charge in [-0.1, -0.05) is 31.0 Å². The number of hydrogen-bond acceptors (Lipinski definition) is 2. The molecule has 2 atom stereocenters. The molecule has 2 nitrogen and oxygen atoms in total. The quantitative estimate of drug-likeness (QED) is 0.893. The fraction of sp³-hybridized carbons (Fsp3) is 0.625. The minimum Gasteiger partial charge on any atom is -0.330 e. The first kappa shape index (κ1) is 14.8. The van der Waals surface area contributed by atoms with Crippen molar-refractivity contribution >= 4 is 11.6 Å². The van der Waals surface area contributed by atoms with Crippen molar-refractivity contribution in [2.24, 2.45) is 11.7 Å². The summed E-state index contributed by atoms with van der Waals surface area (Å²) in [6, 6.07) is 6.87. The number of benzene rings is 1. The van der Waals surface area contributed by atoms with Crippen molar-refractivity contribution < 1.29 is 0 Å². The average molecular weight is 281 g/mol. The SMILES string of the molecule is CCN(Cc1ccc(Cl)cc1C)C1CCCC1CN. The van der Waals surface area contributed by atoms with Crippen LogP contribution in [0.1, 0.15) is 37.3 Å². The monoisotopic (exact) mass is 280 g/mol. The Labute approximate surface area is 121 Å². The summed E-state index contributed by atoms with van der Waals surface area (Å²) in [5.41, 5.74) is 8.58. The maximum absolute atomic E-state index is 6.03. The summed E-state index contributed by atoms with van der Waals surface area (Å²) in [5.74, 6) is 0.674. The van der Waals surface area contributed by atoms with Crippen LogP contribution in [0.3, 0.4) is 0 Å². The van der Waals surface area contributed by atoms with Crippen LogP contribution in [-0.4, -0.2) is 24.0 Å². The average Bonchev–Trinajstić information content (AvgIpc) is 2.86. The van der Waals surface area contributed by atoms with Crippen LogP contribution in [0.25, 0.3) is 0 Å². The number of halogens is 1. The van der Waals surface area contributed by atoms with Crippen LogP contribution in [0.2, 0.25) is 5.02 Å². The molecule has 0 aliphatic heterocycles. The summed E-state index contributed by atoms with van der Waals surface area (Å²) < 4.78 is 0. The summed E-state index contributed by atoms with van der Waals surface area (Å²) in [7, 11) is 0. The molecule has 2 rings (SSSR count). The zero-order chi connectivity index (χ0) is 13.8. The molecule has 19 heavy (non-hydrogen) atoms. The Morgan fingerprint density at radius 3 is 2.79 bits per heavy atom. The normalized spacial score (nSPS) is 23.2. The van der Waals surface area contributed by atoms with Gasteiger partial charge in [-0.05, 0) is 62.0 Å². The molecule has 1 aromatic carbocycles. The molecule has 0 saturated heterocycles. The number of nitrogens with zero attached hydrogens (tertiary/aromatic N) is 1. The van der Waals surface area contributed by atoms with E-state index in [1.54, 1.807) is 0 Å². The van der Waals surface area contributed by atoms with Gasteiger partial charge in [0.1, 0.15) is 0 Å². The Hall–Kier alpha value is -0.570. The molecule has 1 aromatic rings. The van der Waals surface area contributed by atoms with E-state index >= 15 is 0 Å². The third kappa shape index (κ3) is 3.50. The molecule has 1 aliphatic rings. The molecule has 0 spiro atoms. The molecule has 1 fully saturated rings. The van der Waals surface area contributed by atoms with Crippen LogP contribution in [0.15, 0.2) is 18.2 Å². The zero-order valence-corrected chi connectivity index (χ0v) is 12.8. The van der Waals surface area contributed by atoms with Gasteiger partial charge in [0.25, 0.3) is 0 Å². The molecule has 1 saturated carbocycles. The highest BCUT2D eigenvalue weighted by Gasteiger charge is 2.30. The first-order valence-electron chi connectivity index (χ1n) is 7.34. The first-order valence-corrected chi connectivity index (χ1v) is 7.72. The number of nitrogens with two attached hydrogens (primary N) is 1. The van der Waals surface area contributed by atoms with Gasteiger partial charge in [-0.3, -0.25) is 4.90 Å². The maximum atomic E-state index is 6.03. The number of hydrogen-bond donors (Lipinski definition) is 1. The Bertz CT molecular complexity index is 419. The van der Waals surface area contributed by atoms with Crippen molar-refractivity contribution in [3.05, 3.63) is 34.3 Å². The Balaban J connectivity index is 2.10. The molecule has 0 aromatic heterocycles. The number of rotatable bonds is 5. The van der Waals surface area contributed by atoms with E-state index in [9.17, 15) is 0 Å². The summed E-state index contributed by atoms with van der Waals surface area (Å²) >= 11 is 6.03. The van der Waals surface area contributed by atoms with Crippen LogP contribution >= 0.6 is 11.6 Å². The fourth-order valence-electron chi connectivity index (χ4n) is 3.29. The van der Waals surface area contributed by atoms with Crippen molar-refractivity contribution in [2.45, 2.75) is 45.7 Å².